The van der Waals surface area contributed by atoms with Crippen molar-refractivity contribution in [3.63, 3.8) is 0 Å². The van der Waals surface area contributed by atoms with Crippen molar-refractivity contribution in [3.05, 3.63) is 35.4 Å². The fourth-order valence-corrected chi connectivity index (χ4v) is 3.20. The summed E-state index contributed by atoms with van der Waals surface area (Å²) in [6.07, 6.45) is 1.43. The number of aliphatic imine (C=N–C) groups is 1. The van der Waals surface area contributed by atoms with Crippen LogP contribution in [-0.4, -0.2) is 63.5 Å². The summed E-state index contributed by atoms with van der Waals surface area (Å²) in [6.45, 7) is 13.4. The lowest BCUT2D eigenvalue weighted by molar-refractivity contribution is -0.0212. The minimum Gasteiger partial charge on any atom is -0.380 e. The predicted molar refractivity (Wildman–Crippen MR) is 116 cm³/mol. The molecule has 2 rings (SSSR count). The van der Waals surface area contributed by atoms with E-state index in [0.717, 1.165) is 58.3 Å². The molecule has 1 atom stereocenters. The van der Waals surface area contributed by atoms with Gasteiger partial charge in [-0.25, -0.2) is 0 Å². The molecule has 0 amide bonds. The van der Waals surface area contributed by atoms with Crippen molar-refractivity contribution in [1.82, 2.24) is 15.5 Å². The summed E-state index contributed by atoms with van der Waals surface area (Å²) in [4.78, 5) is 6.75. The molecule has 0 radical (unpaired) electrons. The average Bonchev–Trinajstić information content (AvgIpc) is 2.67. The summed E-state index contributed by atoms with van der Waals surface area (Å²) >= 11 is 0. The van der Waals surface area contributed by atoms with E-state index in [1.165, 1.54) is 11.1 Å². The Hall–Kier alpha value is -1.63. The molecule has 1 aromatic carbocycles. The molecule has 6 heteroatoms. The number of hydrogen-bond donors (Lipinski definition) is 2. The minimum atomic E-state index is 0.322. The number of morpholine rings is 1. The monoisotopic (exact) mass is 390 g/mol. The van der Waals surface area contributed by atoms with Gasteiger partial charge in [0.1, 0.15) is 0 Å². The lowest BCUT2D eigenvalue weighted by Gasteiger charge is -2.31. The van der Waals surface area contributed by atoms with Gasteiger partial charge in [-0.2, -0.15) is 0 Å². The molecular formula is C22H38N4O2. The third-order valence-electron chi connectivity index (χ3n) is 4.78. The molecule has 158 valence electrons. The largest absolute Gasteiger partial charge is 0.380 e. The van der Waals surface area contributed by atoms with Gasteiger partial charge in [0, 0.05) is 46.4 Å². The Morgan fingerprint density at radius 2 is 2.11 bits per heavy atom. The van der Waals surface area contributed by atoms with Crippen molar-refractivity contribution < 1.29 is 9.47 Å². The molecule has 0 spiro atoms. The van der Waals surface area contributed by atoms with Crippen molar-refractivity contribution in [2.75, 3.05) is 46.5 Å². The average molecular weight is 391 g/mol. The number of hydrogen-bond acceptors (Lipinski definition) is 4. The first-order valence-electron chi connectivity index (χ1n) is 10.5. The van der Waals surface area contributed by atoms with Gasteiger partial charge in [0.2, 0.25) is 0 Å². The van der Waals surface area contributed by atoms with Crippen LogP contribution in [0.2, 0.25) is 0 Å². The third-order valence-corrected chi connectivity index (χ3v) is 4.78. The molecule has 0 bridgehead atoms. The van der Waals surface area contributed by atoms with Crippen LogP contribution < -0.4 is 10.6 Å². The molecule has 1 unspecified atom stereocenters. The van der Waals surface area contributed by atoms with E-state index in [-0.39, 0.29) is 0 Å². The van der Waals surface area contributed by atoms with E-state index >= 15 is 0 Å². The first-order chi connectivity index (χ1) is 13.6. The van der Waals surface area contributed by atoms with Crippen LogP contribution in [0.15, 0.2) is 29.3 Å². The maximum absolute atomic E-state index is 5.64. The van der Waals surface area contributed by atoms with Crippen molar-refractivity contribution >= 4 is 5.96 Å². The Morgan fingerprint density at radius 3 is 2.86 bits per heavy atom. The van der Waals surface area contributed by atoms with Crippen LogP contribution in [0.1, 0.15) is 38.3 Å². The third kappa shape index (κ3) is 9.04. The van der Waals surface area contributed by atoms with Crippen LogP contribution >= 0.6 is 0 Å². The van der Waals surface area contributed by atoms with Crippen LogP contribution in [0.5, 0.6) is 0 Å². The molecule has 1 fully saturated rings. The highest BCUT2D eigenvalue weighted by atomic mass is 16.5. The zero-order valence-corrected chi connectivity index (χ0v) is 18.0. The second-order valence-corrected chi connectivity index (χ2v) is 7.88. The first kappa shape index (κ1) is 22.7. The number of benzene rings is 1. The van der Waals surface area contributed by atoms with Crippen molar-refractivity contribution in [1.29, 1.82) is 0 Å². The quantitative estimate of drug-likeness (QED) is 0.365. The molecule has 1 aromatic rings. The molecule has 2 N–H and O–H groups in total. The molecule has 6 nitrogen and oxygen atoms in total. The zero-order chi connectivity index (χ0) is 20.2. The van der Waals surface area contributed by atoms with E-state index < -0.39 is 0 Å². The Kier molecular flexibility index (Phi) is 10.3. The van der Waals surface area contributed by atoms with Gasteiger partial charge in [0.25, 0.3) is 0 Å². The molecular weight excluding hydrogens is 352 g/mol. The summed E-state index contributed by atoms with van der Waals surface area (Å²) in [5.74, 6) is 1.49. The standard InChI is InChI=1S/C22H38N4O2/c1-18(2)8-11-27-12-9-24-22(23-4)25-15-20-6-5-7-21(14-20)17-26-10-13-28-19(3)16-26/h5-7,14,18-19H,8-13,15-17H2,1-4H3,(H2,23,24,25). The molecule has 0 aliphatic carbocycles. The van der Waals surface area contributed by atoms with E-state index in [1.807, 2.05) is 0 Å². The van der Waals surface area contributed by atoms with Crippen molar-refractivity contribution in [2.24, 2.45) is 10.9 Å². The minimum absolute atomic E-state index is 0.322. The fraction of sp³-hybridized carbons (Fsp3) is 0.682. The smallest absolute Gasteiger partial charge is 0.191 e. The summed E-state index contributed by atoms with van der Waals surface area (Å²) in [5.41, 5.74) is 2.60. The predicted octanol–water partition coefficient (Wildman–Crippen LogP) is 2.63. The van der Waals surface area contributed by atoms with Gasteiger partial charge >= 0.3 is 0 Å². The lowest BCUT2D eigenvalue weighted by atomic mass is 10.1. The molecule has 1 aliphatic heterocycles. The van der Waals surface area contributed by atoms with Gasteiger partial charge in [-0.3, -0.25) is 9.89 Å². The van der Waals surface area contributed by atoms with Crippen LogP contribution in [0.3, 0.4) is 0 Å². The Bertz CT molecular complexity index is 592. The molecule has 0 saturated carbocycles. The maximum Gasteiger partial charge on any atom is 0.191 e. The van der Waals surface area contributed by atoms with Crippen LogP contribution in [0.4, 0.5) is 0 Å². The van der Waals surface area contributed by atoms with Crippen molar-refractivity contribution in [3.8, 4) is 0 Å². The van der Waals surface area contributed by atoms with Crippen LogP contribution in [-0.2, 0) is 22.6 Å². The highest BCUT2D eigenvalue weighted by Gasteiger charge is 2.16. The highest BCUT2D eigenvalue weighted by Crippen LogP contribution is 2.12. The number of rotatable bonds is 10. The topological polar surface area (TPSA) is 58.1 Å². The van der Waals surface area contributed by atoms with E-state index in [1.54, 1.807) is 7.05 Å². The van der Waals surface area contributed by atoms with E-state index in [9.17, 15) is 0 Å². The lowest BCUT2D eigenvalue weighted by Crippen LogP contribution is -2.40. The SMILES string of the molecule is CN=C(NCCOCCC(C)C)NCc1cccc(CN2CCOC(C)C2)c1. The molecule has 1 heterocycles. The van der Waals surface area contributed by atoms with Crippen LogP contribution in [0, 0.1) is 5.92 Å². The fourth-order valence-electron chi connectivity index (χ4n) is 3.20. The number of nitrogens with zero attached hydrogens (tertiary/aromatic N) is 2. The van der Waals surface area contributed by atoms with Gasteiger partial charge < -0.3 is 20.1 Å². The summed E-state index contributed by atoms with van der Waals surface area (Å²) in [5, 5.41) is 6.69. The van der Waals surface area contributed by atoms with Gasteiger partial charge in [-0.1, -0.05) is 38.1 Å². The first-order valence-corrected chi connectivity index (χ1v) is 10.5. The van der Waals surface area contributed by atoms with Gasteiger partial charge in [0.05, 0.1) is 19.3 Å². The molecule has 0 aromatic heterocycles. The number of nitrogens with one attached hydrogen (secondary N) is 2. The number of guanidine groups is 1. The molecule has 1 aliphatic rings. The van der Waals surface area contributed by atoms with Gasteiger partial charge in [-0.05, 0) is 30.4 Å². The van der Waals surface area contributed by atoms with E-state index in [0.29, 0.717) is 18.6 Å². The zero-order valence-electron chi connectivity index (χ0n) is 18.0. The summed E-state index contributed by atoms with van der Waals surface area (Å²) in [6, 6.07) is 8.76. The maximum atomic E-state index is 5.64. The molecule has 28 heavy (non-hydrogen) atoms. The van der Waals surface area contributed by atoms with E-state index in [2.05, 4.69) is 65.6 Å². The summed E-state index contributed by atoms with van der Waals surface area (Å²) in [7, 11) is 1.80. The second kappa shape index (κ2) is 12.8. The Morgan fingerprint density at radius 1 is 1.29 bits per heavy atom. The van der Waals surface area contributed by atoms with Crippen molar-refractivity contribution in [2.45, 2.75) is 46.4 Å². The highest BCUT2D eigenvalue weighted by molar-refractivity contribution is 5.79. The van der Waals surface area contributed by atoms with Crippen LogP contribution in [0.25, 0.3) is 0 Å². The van der Waals surface area contributed by atoms with Gasteiger partial charge in [0.15, 0.2) is 5.96 Å². The second-order valence-electron chi connectivity index (χ2n) is 7.88. The number of ether oxygens (including phenoxy) is 2. The molecule has 1 saturated heterocycles. The Labute approximate surface area is 170 Å². The van der Waals surface area contributed by atoms with E-state index in [4.69, 9.17) is 9.47 Å². The van der Waals surface area contributed by atoms with Gasteiger partial charge in [-0.15, -0.1) is 0 Å². The summed E-state index contributed by atoms with van der Waals surface area (Å²) < 4.78 is 11.3. The normalized spacial score (nSPS) is 18.5. The Balaban J connectivity index is 1.70.